The van der Waals surface area contributed by atoms with E-state index in [0.29, 0.717) is 0 Å². The Bertz CT molecular complexity index is 251. The van der Waals surface area contributed by atoms with E-state index in [0.717, 1.165) is 39.1 Å². The first-order valence-corrected chi connectivity index (χ1v) is 6.90. The molecule has 0 aliphatic carbocycles. The highest BCUT2D eigenvalue weighted by atomic mass is 16.2. The molecule has 0 bridgehead atoms. The van der Waals surface area contributed by atoms with Crippen LogP contribution in [0.2, 0.25) is 0 Å². The Morgan fingerprint density at radius 1 is 1.33 bits per heavy atom. The van der Waals surface area contributed by atoms with E-state index in [1.165, 1.54) is 0 Å². The number of rotatable bonds is 6. The van der Waals surface area contributed by atoms with Crippen LogP contribution in [0.4, 0.5) is 0 Å². The maximum Gasteiger partial charge on any atom is 0.237 e. The minimum Gasteiger partial charge on any atom is -0.352 e. The van der Waals surface area contributed by atoms with Crippen molar-refractivity contribution in [2.45, 2.75) is 32.4 Å². The molecule has 1 rings (SSSR count). The van der Waals surface area contributed by atoms with Gasteiger partial charge in [-0.3, -0.25) is 9.69 Å². The fourth-order valence-corrected chi connectivity index (χ4v) is 2.12. The fourth-order valence-electron chi connectivity index (χ4n) is 2.12. The van der Waals surface area contributed by atoms with E-state index < -0.39 is 0 Å². The molecule has 1 fully saturated rings. The van der Waals surface area contributed by atoms with Crippen LogP contribution < -0.4 is 10.6 Å². The number of carbonyl (C=O) groups is 1. The molecule has 2 N–H and O–H groups in total. The minimum atomic E-state index is -0.0195. The monoisotopic (exact) mass is 256 g/mol. The van der Waals surface area contributed by atoms with Gasteiger partial charge in [-0.2, -0.15) is 0 Å². The van der Waals surface area contributed by atoms with Crippen molar-refractivity contribution in [3.05, 3.63) is 0 Å². The first kappa shape index (κ1) is 15.4. The van der Waals surface area contributed by atoms with Gasteiger partial charge in [0.1, 0.15) is 0 Å². The molecule has 0 saturated carbocycles. The fraction of sp³-hybridized carbons (Fsp3) is 0.923. The molecular formula is C13H28N4O. The second-order valence-corrected chi connectivity index (χ2v) is 5.46. The molecule has 18 heavy (non-hydrogen) atoms. The maximum absolute atomic E-state index is 12.1. The Labute approximate surface area is 111 Å². The van der Waals surface area contributed by atoms with Crippen molar-refractivity contribution in [3.63, 3.8) is 0 Å². The highest BCUT2D eigenvalue weighted by Crippen LogP contribution is 2.02. The van der Waals surface area contributed by atoms with Gasteiger partial charge in [-0.15, -0.1) is 0 Å². The number of carbonyl (C=O) groups excluding carboxylic acids is 1. The molecule has 1 aliphatic rings. The largest absolute Gasteiger partial charge is 0.352 e. The average Bonchev–Trinajstić information content (AvgIpc) is 2.36. The summed E-state index contributed by atoms with van der Waals surface area (Å²) in [6.07, 6.45) is 0.993. The van der Waals surface area contributed by atoms with Gasteiger partial charge in [-0.1, -0.05) is 0 Å². The molecule has 0 aromatic rings. The summed E-state index contributed by atoms with van der Waals surface area (Å²) < 4.78 is 0. The Balaban J connectivity index is 2.29. The third-order valence-corrected chi connectivity index (χ3v) is 3.48. The van der Waals surface area contributed by atoms with Crippen molar-refractivity contribution in [3.8, 4) is 0 Å². The van der Waals surface area contributed by atoms with Crippen LogP contribution in [0.3, 0.4) is 0 Å². The maximum atomic E-state index is 12.1. The molecule has 1 saturated heterocycles. The van der Waals surface area contributed by atoms with E-state index >= 15 is 0 Å². The van der Waals surface area contributed by atoms with Gasteiger partial charge >= 0.3 is 0 Å². The van der Waals surface area contributed by atoms with Gasteiger partial charge in [0.15, 0.2) is 0 Å². The normalized spacial score (nSPS) is 20.7. The van der Waals surface area contributed by atoms with Gasteiger partial charge in [0.25, 0.3) is 0 Å². The van der Waals surface area contributed by atoms with Gasteiger partial charge in [0.05, 0.1) is 6.04 Å². The highest BCUT2D eigenvalue weighted by molar-refractivity contribution is 5.81. The van der Waals surface area contributed by atoms with Crippen molar-refractivity contribution < 1.29 is 4.79 Å². The molecule has 0 aromatic carbocycles. The first-order valence-electron chi connectivity index (χ1n) is 6.90. The molecule has 0 spiro atoms. The van der Waals surface area contributed by atoms with Crippen LogP contribution in [0.15, 0.2) is 0 Å². The topological polar surface area (TPSA) is 47.6 Å². The van der Waals surface area contributed by atoms with Crippen LogP contribution in [-0.4, -0.2) is 74.6 Å². The molecule has 106 valence electrons. The van der Waals surface area contributed by atoms with E-state index in [-0.39, 0.29) is 18.0 Å². The Morgan fingerprint density at radius 2 is 1.94 bits per heavy atom. The molecule has 0 aromatic heterocycles. The van der Waals surface area contributed by atoms with Gasteiger partial charge in [0, 0.05) is 32.2 Å². The SMILES string of the molecule is CC(CCN(C)C)NC(=O)C(C)N1CCNCC1. The second kappa shape index (κ2) is 7.71. The summed E-state index contributed by atoms with van der Waals surface area (Å²) >= 11 is 0. The lowest BCUT2D eigenvalue weighted by molar-refractivity contribution is -0.126. The molecule has 1 amide bonds. The first-order chi connectivity index (χ1) is 8.50. The van der Waals surface area contributed by atoms with Crippen LogP contribution >= 0.6 is 0 Å². The Kier molecular flexibility index (Phi) is 6.60. The lowest BCUT2D eigenvalue weighted by Crippen LogP contribution is -2.53. The predicted molar refractivity (Wildman–Crippen MR) is 74.7 cm³/mol. The van der Waals surface area contributed by atoms with E-state index in [4.69, 9.17) is 0 Å². The molecular weight excluding hydrogens is 228 g/mol. The third-order valence-electron chi connectivity index (χ3n) is 3.48. The van der Waals surface area contributed by atoms with Crippen molar-refractivity contribution in [1.82, 2.24) is 20.4 Å². The zero-order valence-electron chi connectivity index (χ0n) is 12.2. The van der Waals surface area contributed by atoms with Crippen LogP contribution in [0, 0.1) is 0 Å². The molecule has 2 atom stereocenters. The molecule has 0 radical (unpaired) electrons. The summed E-state index contributed by atoms with van der Waals surface area (Å²) in [6, 6.07) is 0.221. The smallest absolute Gasteiger partial charge is 0.237 e. The van der Waals surface area contributed by atoms with Crippen LogP contribution in [0.1, 0.15) is 20.3 Å². The van der Waals surface area contributed by atoms with Crippen LogP contribution in [-0.2, 0) is 4.79 Å². The Morgan fingerprint density at radius 3 is 2.50 bits per heavy atom. The van der Waals surface area contributed by atoms with Crippen molar-refractivity contribution in [1.29, 1.82) is 0 Å². The number of nitrogens with zero attached hydrogens (tertiary/aromatic N) is 2. The van der Waals surface area contributed by atoms with Crippen molar-refractivity contribution in [2.75, 3.05) is 46.8 Å². The summed E-state index contributed by atoms with van der Waals surface area (Å²) in [5.41, 5.74) is 0. The molecule has 2 unspecified atom stereocenters. The van der Waals surface area contributed by atoms with E-state index in [1.807, 2.05) is 6.92 Å². The molecule has 5 heteroatoms. The summed E-state index contributed by atoms with van der Waals surface area (Å²) in [5.74, 6) is 0.156. The van der Waals surface area contributed by atoms with E-state index in [2.05, 4.69) is 41.5 Å². The molecule has 1 heterocycles. The van der Waals surface area contributed by atoms with Gasteiger partial charge < -0.3 is 15.5 Å². The summed E-state index contributed by atoms with van der Waals surface area (Å²) in [5, 5.41) is 6.41. The van der Waals surface area contributed by atoms with Crippen LogP contribution in [0.5, 0.6) is 0 Å². The lowest BCUT2D eigenvalue weighted by Gasteiger charge is -2.32. The lowest BCUT2D eigenvalue weighted by atomic mass is 10.2. The number of piperazine rings is 1. The summed E-state index contributed by atoms with van der Waals surface area (Å²) in [6.45, 7) is 8.96. The zero-order chi connectivity index (χ0) is 13.5. The Hall–Kier alpha value is -0.650. The number of amides is 1. The summed E-state index contributed by atoms with van der Waals surface area (Å²) in [7, 11) is 4.11. The molecule has 1 aliphatic heterocycles. The van der Waals surface area contributed by atoms with Gasteiger partial charge in [0.2, 0.25) is 5.91 Å². The van der Waals surface area contributed by atoms with Gasteiger partial charge in [-0.05, 0) is 40.9 Å². The average molecular weight is 256 g/mol. The summed E-state index contributed by atoms with van der Waals surface area (Å²) in [4.78, 5) is 16.5. The van der Waals surface area contributed by atoms with E-state index in [9.17, 15) is 4.79 Å². The second-order valence-electron chi connectivity index (χ2n) is 5.46. The van der Waals surface area contributed by atoms with Crippen molar-refractivity contribution in [2.24, 2.45) is 0 Å². The van der Waals surface area contributed by atoms with E-state index in [1.54, 1.807) is 0 Å². The minimum absolute atomic E-state index is 0.0195. The number of nitrogens with one attached hydrogen (secondary N) is 2. The highest BCUT2D eigenvalue weighted by Gasteiger charge is 2.23. The number of hydrogen-bond donors (Lipinski definition) is 2. The quantitative estimate of drug-likeness (QED) is 0.687. The zero-order valence-corrected chi connectivity index (χ0v) is 12.2. The number of hydrogen-bond acceptors (Lipinski definition) is 4. The van der Waals surface area contributed by atoms with Crippen LogP contribution in [0.25, 0.3) is 0 Å². The molecule has 5 nitrogen and oxygen atoms in total. The standard InChI is InChI=1S/C13H28N4O/c1-11(5-8-16(3)4)15-13(18)12(2)17-9-6-14-7-10-17/h11-12,14H,5-10H2,1-4H3,(H,15,18). The van der Waals surface area contributed by atoms with Crippen molar-refractivity contribution >= 4 is 5.91 Å². The van der Waals surface area contributed by atoms with Gasteiger partial charge in [-0.25, -0.2) is 0 Å². The third kappa shape index (κ3) is 5.33. The predicted octanol–water partition coefficient (Wildman–Crippen LogP) is -0.263.